The minimum Gasteiger partial charge on any atom is -0.496 e. The summed E-state index contributed by atoms with van der Waals surface area (Å²) in [6, 6.07) is 1.79. The molecule has 0 unspecified atom stereocenters. The summed E-state index contributed by atoms with van der Waals surface area (Å²) < 4.78 is 15.6. The lowest BCUT2D eigenvalue weighted by molar-refractivity contribution is -0.136. The van der Waals surface area contributed by atoms with Crippen LogP contribution in [0.4, 0.5) is 5.95 Å². The Kier molecular flexibility index (Phi) is 14.9. The van der Waals surface area contributed by atoms with Crippen molar-refractivity contribution in [1.29, 1.82) is 0 Å². The van der Waals surface area contributed by atoms with Gasteiger partial charge < -0.3 is 30.6 Å². The van der Waals surface area contributed by atoms with Crippen LogP contribution in [-0.2, 0) is 28.6 Å². The summed E-state index contributed by atoms with van der Waals surface area (Å²) in [5, 5.41) is 6.26. The number of carbonyl (C=O) groups is 3. The Morgan fingerprint density at radius 1 is 1.08 bits per heavy atom. The van der Waals surface area contributed by atoms with Crippen molar-refractivity contribution in [1.82, 2.24) is 20.6 Å². The molecule has 1 aromatic heterocycles. The maximum atomic E-state index is 12.1. The molecule has 4 N–H and O–H groups in total. The van der Waals surface area contributed by atoms with E-state index in [2.05, 4.69) is 20.6 Å². The van der Waals surface area contributed by atoms with Crippen molar-refractivity contribution in [3.05, 3.63) is 40.8 Å². The number of nitrogens with zero attached hydrogens (tertiary/aromatic N) is 2. The molecule has 0 fully saturated rings. The third-order valence-electron chi connectivity index (χ3n) is 4.87. The van der Waals surface area contributed by atoms with Crippen molar-refractivity contribution >= 4 is 41.6 Å². The van der Waals surface area contributed by atoms with Gasteiger partial charge in [-0.1, -0.05) is 6.08 Å². The van der Waals surface area contributed by atoms with Crippen LogP contribution in [-0.4, -0.2) is 73.0 Å². The van der Waals surface area contributed by atoms with Crippen LogP contribution in [0.1, 0.15) is 53.2 Å². The first kappa shape index (κ1) is 33.6. The fourth-order valence-electron chi connectivity index (χ4n) is 3.05. The molecule has 1 aromatic rings. The summed E-state index contributed by atoms with van der Waals surface area (Å²) in [7, 11) is 2.79. The van der Waals surface area contributed by atoms with Crippen molar-refractivity contribution in [2.45, 2.75) is 58.1 Å². The van der Waals surface area contributed by atoms with Crippen LogP contribution in [0.2, 0.25) is 0 Å². The van der Waals surface area contributed by atoms with E-state index in [0.717, 1.165) is 5.57 Å². The third-order valence-corrected chi connectivity index (χ3v) is 5.78. The van der Waals surface area contributed by atoms with Crippen LogP contribution in [0.15, 0.2) is 40.1 Å². The number of hydrogen-bond acceptors (Lipinski definition) is 10. The normalized spacial score (nSPS) is 12.6. The molecule has 0 aliphatic heterocycles. The molecular formula is C27H41N5O6S. The fourth-order valence-corrected chi connectivity index (χ4v) is 3.83. The first-order valence-electron chi connectivity index (χ1n) is 12.5. The average molecular weight is 564 g/mol. The number of methoxy groups -OCH3 is 2. The lowest BCUT2D eigenvalue weighted by Crippen LogP contribution is -2.33. The highest BCUT2D eigenvalue weighted by Crippen LogP contribution is 2.20. The van der Waals surface area contributed by atoms with Crippen LogP contribution in [0.3, 0.4) is 0 Å². The minimum absolute atomic E-state index is 0.00499. The second-order valence-electron chi connectivity index (χ2n) is 9.34. The first-order chi connectivity index (χ1) is 18.4. The molecule has 1 rings (SSSR count). The molecule has 39 heavy (non-hydrogen) atoms. The maximum Gasteiger partial charge on any atom is 0.341 e. The summed E-state index contributed by atoms with van der Waals surface area (Å²) in [5.74, 6) is 0.284. The number of hydrogen-bond donors (Lipinski definition) is 3. The average Bonchev–Trinajstić information content (AvgIpc) is 2.86. The van der Waals surface area contributed by atoms with E-state index >= 15 is 0 Å². The minimum atomic E-state index is -0.496. The van der Waals surface area contributed by atoms with Gasteiger partial charge in [0.2, 0.25) is 17.8 Å². The van der Waals surface area contributed by atoms with Gasteiger partial charge in [-0.05, 0) is 64.8 Å². The Bertz CT molecular complexity index is 1080. The molecular weight excluding hydrogens is 522 g/mol. The number of nitrogen functional groups attached to an aromatic ring is 1. The molecule has 0 saturated carbocycles. The first-order valence-corrected chi connectivity index (χ1v) is 13.5. The number of thioether (sulfide) groups is 1. The summed E-state index contributed by atoms with van der Waals surface area (Å²) >= 11 is 1.43. The molecule has 0 aliphatic rings. The van der Waals surface area contributed by atoms with E-state index in [0.29, 0.717) is 53.7 Å². The SMILES string of the molecule is C\C=C(C(=O)OC)/C(=C\C(C)=C\c1cc(SCCNC(=O)CCCNC(=O)COC(C)(C)C)nc(N)n1)OC. The Labute approximate surface area is 235 Å². The predicted octanol–water partition coefficient (Wildman–Crippen LogP) is 3.03. The van der Waals surface area contributed by atoms with Crippen molar-refractivity contribution in [3.63, 3.8) is 0 Å². The third kappa shape index (κ3) is 14.4. The second-order valence-corrected chi connectivity index (χ2v) is 10.5. The number of amides is 2. The van der Waals surface area contributed by atoms with Gasteiger partial charge in [-0.2, -0.15) is 0 Å². The molecule has 0 atom stereocenters. The molecule has 0 saturated heterocycles. The molecule has 216 valence electrons. The zero-order chi connectivity index (χ0) is 29.4. The standard InChI is InChI=1S/C27H41N5O6S/c1-8-20(25(35)37-7)21(36-6)15-18(2)14-19-16-24(32-26(28)31-19)39-13-12-30-22(33)10-9-11-29-23(34)17-38-27(3,4)5/h8,14-16H,9-13,17H2,1-7H3,(H,29,34)(H,30,33)(H2,28,31,32)/b18-14+,20-8+,21-15+. The zero-order valence-electron chi connectivity index (χ0n) is 23.9. The predicted molar refractivity (Wildman–Crippen MR) is 153 cm³/mol. The van der Waals surface area contributed by atoms with Crippen molar-refractivity contribution in [3.8, 4) is 0 Å². The van der Waals surface area contributed by atoms with Crippen LogP contribution < -0.4 is 16.4 Å². The number of ether oxygens (including phenoxy) is 3. The van der Waals surface area contributed by atoms with Crippen molar-refractivity contribution < 1.29 is 28.6 Å². The van der Waals surface area contributed by atoms with Gasteiger partial charge >= 0.3 is 5.97 Å². The second kappa shape index (κ2) is 17.3. The molecule has 2 amide bonds. The number of nitrogens with two attached hydrogens (primary N) is 1. The molecule has 0 aromatic carbocycles. The molecule has 11 nitrogen and oxygen atoms in total. The van der Waals surface area contributed by atoms with Crippen LogP contribution in [0.25, 0.3) is 6.08 Å². The number of rotatable bonds is 15. The molecule has 0 spiro atoms. The topological polar surface area (TPSA) is 155 Å². The monoisotopic (exact) mass is 563 g/mol. The summed E-state index contributed by atoms with van der Waals surface area (Å²) in [4.78, 5) is 44.3. The van der Waals surface area contributed by atoms with Crippen molar-refractivity contribution in [2.75, 3.05) is 45.4 Å². The van der Waals surface area contributed by atoms with Gasteiger partial charge in [0.15, 0.2) is 0 Å². The van der Waals surface area contributed by atoms with Gasteiger partial charge in [0.05, 0.1) is 31.1 Å². The van der Waals surface area contributed by atoms with E-state index in [4.69, 9.17) is 19.9 Å². The van der Waals surface area contributed by atoms with E-state index < -0.39 is 5.97 Å². The quantitative estimate of drug-likeness (QED) is 0.0551. The Morgan fingerprint density at radius 2 is 1.77 bits per heavy atom. The zero-order valence-corrected chi connectivity index (χ0v) is 24.7. The number of aromatic nitrogens is 2. The Balaban J connectivity index is 2.55. The Hall–Kier alpha value is -3.38. The smallest absolute Gasteiger partial charge is 0.341 e. The molecule has 12 heteroatoms. The summed E-state index contributed by atoms with van der Waals surface area (Å²) in [6.45, 7) is 10.1. The fraction of sp³-hybridized carbons (Fsp3) is 0.519. The highest BCUT2D eigenvalue weighted by molar-refractivity contribution is 7.99. The van der Waals surface area contributed by atoms with Crippen LogP contribution in [0, 0.1) is 0 Å². The summed E-state index contributed by atoms with van der Waals surface area (Å²) in [6.07, 6.45) is 5.96. The van der Waals surface area contributed by atoms with Gasteiger partial charge in [-0.15, -0.1) is 11.8 Å². The largest absolute Gasteiger partial charge is 0.496 e. The molecule has 0 bridgehead atoms. The van der Waals surface area contributed by atoms with E-state index in [1.165, 1.54) is 26.0 Å². The van der Waals surface area contributed by atoms with Gasteiger partial charge in [0, 0.05) is 25.3 Å². The van der Waals surface area contributed by atoms with Crippen LogP contribution in [0.5, 0.6) is 0 Å². The number of nitrogens with one attached hydrogen (secondary N) is 2. The number of anilines is 1. The van der Waals surface area contributed by atoms with Gasteiger partial charge in [-0.3, -0.25) is 9.59 Å². The summed E-state index contributed by atoms with van der Waals surface area (Å²) in [5.41, 5.74) is 7.19. The van der Waals surface area contributed by atoms with Crippen molar-refractivity contribution in [2.24, 2.45) is 0 Å². The number of allylic oxidation sites excluding steroid dienone is 3. The van der Waals surface area contributed by atoms with Gasteiger partial charge in [0.1, 0.15) is 17.4 Å². The van der Waals surface area contributed by atoms with E-state index in [1.807, 2.05) is 27.7 Å². The van der Waals surface area contributed by atoms with E-state index in [-0.39, 0.29) is 30.0 Å². The van der Waals surface area contributed by atoms with Crippen LogP contribution >= 0.6 is 11.8 Å². The van der Waals surface area contributed by atoms with Gasteiger partial charge in [-0.25, -0.2) is 14.8 Å². The molecule has 0 radical (unpaired) electrons. The molecule has 0 aliphatic carbocycles. The molecule has 1 heterocycles. The van der Waals surface area contributed by atoms with E-state index in [9.17, 15) is 14.4 Å². The van der Waals surface area contributed by atoms with Gasteiger partial charge in [0.25, 0.3) is 0 Å². The maximum absolute atomic E-state index is 12.1. The number of esters is 1. The highest BCUT2D eigenvalue weighted by Gasteiger charge is 2.15. The van der Waals surface area contributed by atoms with E-state index in [1.54, 1.807) is 31.2 Å². The lowest BCUT2D eigenvalue weighted by Gasteiger charge is -2.18. The number of carbonyl (C=O) groups excluding carboxylic acids is 3. The highest BCUT2D eigenvalue weighted by atomic mass is 32.2. The lowest BCUT2D eigenvalue weighted by atomic mass is 10.1. The Morgan fingerprint density at radius 3 is 2.38 bits per heavy atom.